The van der Waals surface area contributed by atoms with E-state index in [0.29, 0.717) is 13.0 Å². The predicted octanol–water partition coefficient (Wildman–Crippen LogP) is 2.03. The second kappa shape index (κ2) is 6.17. The van der Waals surface area contributed by atoms with Gasteiger partial charge in [0.1, 0.15) is 18.1 Å². The second-order valence-electron chi connectivity index (χ2n) is 4.52. The summed E-state index contributed by atoms with van der Waals surface area (Å²) in [5.74, 6) is 0.973. The van der Waals surface area contributed by atoms with Gasteiger partial charge in [-0.2, -0.15) is 0 Å². The van der Waals surface area contributed by atoms with Crippen LogP contribution < -0.4 is 0 Å². The van der Waals surface area contributed by atoms with E-state index < -0.39 is 5.97 Å². The van der Waals surface area contributed by atoms with Crippen LogP contribution in [0.1, 0.15) is 36.5 Å². The van der Waals surface area contributed by atoms with Gasteiger partial charge in [-0.15, -0.1) is 5.10 Å². The Morgan fingerprint density at radius 3 is 2.95 bits per heavy atom. The number of nitrogens with zero attached hydrogens (tertiary/aromatic N) is 3. The zero-order chi connectivity index (χ0) is 13.7. The summed E-state index contributed by atoms with van der Waals surface area (Å²) in [6.45, 7) is 2.47. The Labute approximate surface area is 111 Å². The molecule has 0 amide bonds. The van der Waals surface area contributed by atoms with Crippen LogP contribution in [-0.4, -0.2) is 26.1 Å². The standard InChI is InChI=1S/C13H17N3O3/c1-10-6-7-12(19-10)9-16-8-11(14-15-16)4-2-3-5-13(17)18/h6-8H,2-5,9H2,1H3,(H,17,18). The third-order valence-electron chi connectivity index (χ3n) is 2.77. The molecule has 2 aromatic heterocycles. The van der Waals surface area contributed by atoms with Gasteiger partial charge in [0, 0.05) is 12.6 Å². The molecule has 0 saturated carbocycles. The molecule has 0 aliphatic rings. The normalized spacial score (nSPS) is 10.8. The molecule has 1 N–H and O–H groups in total. The third-order valence-corrected chi connectivity index (χ3v) is 2.77. The average Bonchev–Trinajstić information content (AvgIpc) is 2.95. The number of aryl methyl sites for hydroxylation is 2. The van der Waals surface area contributed by atoms with Gasteiger partial charge in [0.15, 0.2) is 0 Å². The lowest BCUT2D eigenvalue weighted by atomic mass is 10.1. The van der Waals surface area contributed by atoms with Crippen molar-refractivity contribution in [1.29, 1.82) is 0 Å². The van der Waals surface area contributed by atoms with Crippen LogP contribution in [0.4, 0.5) is 0 Å². The van der Waals surface area contributed by atoms with E-state index in [0.717, 1.165) is 30.1 Å². The van der Waals surface area contributed by atoms with Crippen molar-refractivity contribution in [2.45, 2.75) is 39.2 Å². The van der Waals surface area contributed by atoms with Crippen molar-refractivity contribution >= 4 is 5.97 Å². The van der Waals surface area contributed by atoms with Crippen LogP contribution in [-0.2, 0) is 17.8 Å². The van der Waals surface area contributed by atoms with E-state index in [-0.39, 0.29) is 6.42 Å². The molecule has 6 nitrogen and oxygen atoms in total. The molecule has 0 saturated heterocycles. The summed E-state index contributed by atoms with van der Waals surface area (Å²) >= 11 is 0. The van der Waals surface area contributed by atoms with Crippen molar-refractivity contribution in [1.82, 2.24) is 15.0 Å². The number of furan rings is 1. The summed E-state index contributed by atoms with van der Waals surface area (Å²) in [4.78, 5) is 10.4. The third kappa shape index (κ3) is 4.24. The number of aliphatic carboxylic acids is 1. The largest absolute Gasteiger partial charge is 0.481 e. The molecule has 0 aliphatic heterocycles. The number of carboxylic acid groups (broad SMARTS) is 1. The quantitative estimate of drug-likeness (QED) is 0.773. The molecular weight excluding hydrogens is 246 g/mol. The van der Waals surface area contributed by atoms with Gasteiger partial charge in [0.05, 0.1) is 5.69 Å². The second-order valence-corrected chi connectivity index (χ2v) is 4.52. The fourth-order valence-electron chi connectivity index (χ4n) is 1.84. The van der Waals surface area contributed by atoms with Gasteiger partial charge >= 0.3 is 5.97 Å². The van der Waals surface area contributed by atoms with Crippen molar-refractivity contribution < 1.29 is 14.3 Å². The first-order chi connectivity index (χ1) is 9.13. The number of hydrogen-bond acceptors (Lipinski definition) is 4. The van der Waals surface area contributed by atoms with E-state index >= 15 is 0 Å². The Kier molecular flexibility index (Phi) is 4.33. The van der Waals surface area contributed by atoms with Gasteiger partial charge in [-0.1, -0.05) is 5.21 Å². The van der Waals surface area contributed by atoms with E-state index in [1.165, 1.54) is 0 Å². The van der Waals surface area contributed by atoms with Gasteiger partial charge in [0.25, 0.3) is 0 Å². The molecule has 0 spiro atoms. The lowest BCUT2D eigenvalue weighted by molar-refractivity contribution is -0.137. The highest BCUT2D eigenvalue weighted by Crippen LogP contribution is 2.09. The highest BCUT2D eigenvalue weighted by Gasteiger charge is 2.05. The highest BCUT2D eigenvalue weighted by atomic mass is 16.4. The molecule has 0 aliphatic carbocycles. The molecule has 102 valence electrons. The predicted molar refractivity (Wildman–Crippen MR) is 67.8 cm³/mol. The summed E-state index contributed by atoms with van der Waals surface area (Å²) in [5, 5.41) is 16.6. The average molecular weight is 263 g/mol. The van der Waals surface area contributed by atoms with E-state index in [1.54, 1.807) is 4.68 Å². The van der Waals surface area contributed by atoms with E-state index in [2.05, 4.69) is 10.3 Å². The van der Waals surface area contributed by atoms with Crippen LogP contribution in [0.25, 0.3) is 0 Å². The molecule has 2 heterocycles. The summed E-state index contributed by atoms with van der Waals surface area (Å²) in [5.41, 5.74) is 0.883. The molecule has 0 unspecified atom stereocenters. The zero-order valence-electron chi connectivity index (χ0n) is 10.9. The van der Waals surface area contributed by atoms with E-state index in [4.69, 9.17) is 9.52 Å². The molecule has 0 atom stereocenters. The molecule has 0 radical (unpaired) electrons. The minimum atomic E-state index is -0.753. The zero-order valence-corrected chi connectivity index (χ0v) is 10.9. The summed E-state index contributed by atoms with van der Waals surface area (Å²) in [6, 6.07) is 3.84. The first-order valence-electron chi connectivity index (χ1n) is 6.29. The lowest BCUT2D eigenvalue weighted by Crippen LogP contribution is -1.98. The van der Waals surface area contributed by atoms with Gasteiger partial charge in [-0.3, -0.25) is 4.79 Å². The van der Waals surface area contributed by atoms with Gasteiger partial charge in [-0.25, -0.2) is 4.68 Å². The van der Waals surface area contributed by atoms with Gasteiger partial charge in [0.2, 0.25) is 0 Å². The Balaban J connectivity index is 1.80. The fraction of sp³-hybridized carbons (Fsp3) is 0.462. The van der Waals surface area contributed by atoms with Crippen molar-refractivity contribution in [3.63, 3.8) is 0 Å². The maximum Gasteiger partial charge on any atom is 0.303 e. The number of rotatable bonds is 7. The fourth-order valence-corrected chi connectivity index (χ4v) is 1.84. The smallest absolute Gasteiger partial charge is 0.303 e. The Hall–Kier alpha value is -2.11. The van der Waals surface area contributed by atoms with Crippen LogP contribution in [0.5, 0.6) is 0 Å². The number of carboxylic acids is 1. The van der Waals surface area contributed by atoms with Crippen molar-refractivity contribution in [3.05, 3.63) is 35.5 Å². The van der Waals surface area contributed by atoms with Crippen molar-refractivity contribution in [3.8, 4) is 0 Å². The summed E-state index contributed by atoms with van der Waals surface area (Å²) in [7, 11) is 0. The summed E-state index contributed by atoms with van der Waals surface area (Å²) < 4.78 is 7.19. The van der Waals surface area contributed by atoms with E-state index in [1.807, 2.05) is 25.3 Å². The number of hydrogen-bond donors (Lipinski definition) is 1. The minimum absolute atomic E-state index is 0.208. The first-order valence-corrected chi connectivity index (χ1v) is 6.29. The Morgan fingerprint density at radius 2 is 2.26 bits per heavy atom. The maximum atomic E-state index is 10.4. The van der Waals surface area contributed by atoms with Gasteiger partial charge < -0.3 is 9.52 Å². The number of unbranched alkanes of at least 4 members (excludes halogenated alkanes) is 1. The maximum absolute atomic E-state index is 10.4. The monoisotopic (exact) mass is 263 g/mol. The molecule has 0 bridgehead atoms. The Bertz CT molecular complexity index is 545. The van der Waals surface area contributed by atoms with Crippen molar-refractivity contribution in [2.75, 3.05) is 0 Å². The topological polar surface area (TPSA) is 81.2 Å². The summed E-state index contributed by atoms with van der Waals surface area (Å²) in [6.07, 6.45) is 4.31. The molecule has 2 aromatic rings. The Morgan fingerprint density at radius 1 is 1.42 bits per heavy atom. The van der Waals surface area contributed by atoms with Crippen LogP contribution in [0.15, 0.2) is 22.7 Å². The molecule has 0 aromatic carbocycles. The van der Waals surface area contributed by atoms with Crippen LogP contribution in [0, 0.1) is 6.92 Å². The number of carbonyl (C=O) groups is 1. The molecule has 6 heteroatoms. The lowest BCUT2D eigenvalue weighted by Gasteiger charge is -1.96. The number of aromatic nitrogens is 3. The van der Waals surface area contributed by atoms with Crippen LogP contribution in [0.2, 0.25) is 0 Å². The molecule has 19 heavy (non-hydrogen) atoms. The SMILES string of the molecule is Cc1ccc(Cn2cc(CCCCC(=O)O)nn2)o1. The van der Waals surface area contributed by atoms with Crippen LogP contribution >= 0.6 is 0 Å². The van der Waals surface area contributed by atoms with Crippen LogP contribution in [0.3, 0.4) is 0 Å². The molecular formula is C13H17N3O3. The van der Waals surface area contributed by atoms with Gasteiger partial charge in [-0.05, 0) is 38.3 Å². The molecule has 2 rings (SSSR count). The first kappa shape index (κ1) is 13.3. The molecule has 0 fully saturated rings. The van der Waals surface area contributed by atoms with E-state index in [9.17, 15) is 4.79 Å². The highest BCUT2D eigenvalue weighted by molar-refractivity contribution is 5.66. The minimum Gasteiger partial charge on any atom is -0.481 e. The van der Waals surface area contributed by atoms with Crippen molar-refractivity contribution in [2.24, 2.45) is 0 Å².